The maximum Gasteiger partial charge on any atom is 0.304 e. The van der Waals surface area contributed by atoms with Gasteiger partial charge in [-0.25, -0.2) is 0 Å². The molecule has 0 atom stereocenters. The Morgan fingerprint density at radius 2 is 2.17 bits per heavy atom. The Balaban J connectivity index is 1.93. The number of ether oxygens (including phenoxy) is 1. The van der Waals surface area contributed by atoms with Crippen LogP contribution in [0.3, 0.4) is 0 Å². The molecular weight excluding hydrogens is 239 g/mol. The van der Waals surface area contributed by atoms with E-state index in [0.29, 0.717) is 11.6 Å². The average Bonchev–Trinajstić information content (AvgIpc) is 2.37. The van der Waals surface area contributed by atoms with Crippen LogP contribution < -0.4 is 5.32 Å². The number of benzene rings is 1. The van der Waals surface area contributed by atoms with Crippen molar-refractivity contribution in [1.29, 1.82) is 0 Å². The Morgan fingerprint density at radius 3 is 2.78 bits per heavy atom. The van der Waals surface area contributed by atoms with Crippen molar-refractivity contribution in [2.24, 2.45) is 5.92 Å². The first-order valence-electron chi connectivity index (χ1n) is 5.92. The number of hydrogen-bond acceptors (Lipinski definition) is 4. The molecule has 1 aromatic carbocycles. The molecule has 1 aliphatic heterocycles. The number of nitro groups is 1. The van der Waals surface area contributed by atoms with Crippen molar-refractivity contribution in [1.82, 2.24) is 0 Å². The molecule has 0 spiro atoms. The highest BCUT2D eigenvalue weighted by molar-refractivity contribution is 5.49. The number of hydrogen-bond donors (Lipinski definition) is 1. The molecule has 0 amide bonds. The molecule has 0 saturated carbocycles. The van der Waals surface area contributed by atoms with E-state index in [0.717, 1.165) is 38.7 Å². The SMILES string of the molecule is O=[N+]([O-])c1ccc(NCC2CCOCC2)cc1F. The zero-order valence-corrected chi connectivity index (χ0v) is 9.89. The summed E-state index contributed by atoms with van der Waals surface area (Å²) in [5, 5.41) is 13.6. The summed E-state index contributed by atoms with van der Waals surface area (Å²) in [6, 6.07) is 3.87. The lowest BCUT2D eigenvalue weighted by Crippen LogP contribution is -2.22. The van der Waals surface area contributed by atoms with E-state index >= 15 is 0 Å². The third kappa shape index (κ3) is 3.16. The summed E-state index contributed by atoms with van der Waals surface area (Å²) < 4.78 is 18.6. The number of nitrogens with zero attached hydrogens (tertiary/aromatic N) is 1. The van der Waals surface area contributed by atoms with Crippen LogP contribution in [0.25, 0.3) is 0 Å². The highest BCUT2D eigenvalue weighted by atomic mass is 19.1. The van der Waals surface area contributed by atoms with Gasteiger partial charge in [0.2, 0.25) is 5.82 Å². The predicted octanol–water partition coefficient (Wildman–Crippen LogP) is 2.57. The van der Waals surface area contributed by atoms with E-state index in [4.69, 9.17) is 4.74 Å². The topological polar surface area (TPSA) is 64.4 Å². The van der Waals surface area contributed by atoms with Gasteiger partial charge < -0.3 is 10.1 Å². The molecule has 1 aliphatic rings. The van der Waals surface area contributed by atoms with Crippen LogP contribution in [0.1, 0.15) is 12.8 Å². The van der Waals surface area contributed by atoms with E-state index in [9.17, 15) is 14.5 Å². The molecule has 0 radical (unpaired) electrons. The highest BCUT2D eigenvalue weighted by Gasteiger charge is 2.16. The standard InChI is InChI=1S/C12H15FN2O3/c13-11-7-10(1-2-12(11)15(16)17)14-8-9-3-5-18-6-4-9/h1-2,7,9,14H,3-6,8H2. The maximum atomic E-state index is 13.4. The minimum absolute atomic E-state index is 0.494. The van der Waals surface area contributed by atoms with Crippen molar-refractivity contribution in [3.8, 4) is 0 Å². The minimum atomic E-state index is -0.808. The Labute approximate surface area is 104 Å². The third-order valence-corrected chi connectivity index (χ3v) is 3.08. The first-order chi connectivity index (χ1) is 8.66. The molecule has 18 heavy (non-hydrogen) atoms. The van der Waals surface area contributed by atoms with Crippen molar-refractivity contribution in [2.75, 3.05) is 25.1 Å². The third-order valence-electron chi connectivity index (χ3n) is 3.08. The van der Waals surface area contributed by atoms with E-state index in [-0.39, 0.29) is 0 Å². The molecule has 98 valence electrons. The van der Waals surface area contributed by atoms with Crippen LogP contribution in [0, 0.1) is 21.8 Å². The normalized spacial score (nSPS) is 16.5. The van der Waals surface area contributed by atoms with Gasteiger partial charge in [0.25, 0.3) is 0 Å². The van der Waals surface area contributed by atoms with Crippen LogP contribution in [-0.2, 0) is 4.74 Å². The number of nitrogens with one attached hydrogen (secondary N) is 1. The van der Waals surface area contributed by atoms with Crippen molar-refractivity contribution in [3.05, 3.63) is 34.1 Å². The van der Waals surface area contributed by atoms with Gasteiger partial charge in [0.1, 0.15) is 0 Å². The van der Waals surface area contributed by atoms with Gasteiger partial charge in [-0.05, 0) is 24.8 Å². The largest absolute Gasteiger partial charge is 0.385 e. The summed E-state index contributed by atoms with van der Waals surface area (Å²) in [7, 11) is 0. The summed E-state index contributed by atoms with van der Waals surface area (Å²) in [6.07, 6.45) is 1.98. The zero-order valence-electron chi connectivity index (χ0n) is 9.89. The van der Waals surface area contributed by atoms with Crippen molar-refractivity contribution >= 4 is 11.4 Å². The van der Waals surface area contributed by atoms with Gasteiger partial charge in [0.15, 0.2) is 0 Å². The molecule has 5 nitrogen and oxygen atoms in total. The molecule has 1 fully saturated rings. The molecule has 0 bridgehead atoms. The average molecular weight is 254 g/mol. The van der Waals surface area contributed by atoms with Gasteiger partial charge >= 0.3 is 5.69 Å². The number of halogens is 1. The molecule has 6 heteroatoms. The van der Waals surface area contributed by atoms with E-state index < -0.39 is 16.4 Å². The summed E-state index contributed by atoms with van der Waals surface area (Å²) in [6.45, 7) is 2.27. The number of anilines is 1. The molecule has 0 aromatic heterocycles. The van der Waals surface area contributed by atoms with Gasteiger partial charge in [-0.3, -0.25) is 10.1 Å². The van der Waals surface area contributed by atoms with Crippen LogP contribution in [0.15, 0.2) is 18.2 Å². The second kappa shape index (κ2) is 5.77. The Kier molecular flexibility index (Phi) is 4.09. The van der Waals surface area contributed by atoms with Gasteiger partial charge in [-0.2, -0.15) is 4.39 Å². The predicted molar refractivity (Wildman–Crippen MR) is 65.1 cm³/mol. The van der Waals surface area contributed by atoms with Crippen LogP contribution in [0.5, 0.6) is 0 Å². The zero-order chi connectivity index (χ0) is 13.0. The fourth-order valence-electron chi connectivity index (χ4n) is 1.98. The van der Waals surface area contributed by atoms with Gasteiger partial charge in [-0.1, -0.05) is 0 Å². The number of nitro benzene ring substituents is 1. The second-order valence-corrected chi connectivity index (χ2v) is 4.36. The minimum Gasteiger partial charge on any atom is -0.385 e. The van der Waals surface area contributed by atoms with Crippen LogP contribution in [-0.4, -0.2) is 24.7 Å². The monoisotopic (exact) mass is 254 g/mol. The van der Waals surface area contributed by atoms with Crippen molar-refractivity contribution < 1.29 is 14.1 Å². The Morgan fingerprint density at radius 1 is 1.44 bits per heavy atom. The fraction of sp³-hybridized carbons (Fsp3) is 0.500. The first-order valence-corrected chi connectivity index (χ1v) is 5.92. The Bertz CT molecular complexity index is 433. The quantitative estimate of drug-likeness (QED) is 0.662. The van der Waals surface area contributed by atoms with E-state index in [1.165, 1.54) is 12.1 Å². The number of rotatable bonds is 4. The molecule has 2 rings (SSSR count). The molecule has 1 N–H and O–H groups in total. The summed E-state index contributed by atoms with van der Waals surface area (Å²) in [4.78, 5) is 9.74. The second-order valence-electron chi connectivity index (χ2n) is 4.36. The fourth-order valence-corrected chi connectivity index (χ4v) is 1.98. The van der Waals surface area contributed by atoms with Gasteiger partial charge in [0, 0.05) is 37.6 Å². The summed E-state index contributed by atoms with van der Waals surface area (Å²) in [5.74, 6) is -0.297. The van der Waals surface area contributed by atoms with Crippen molar-refractivity contribution in [3.63, 3.8) is 0 Å². The highest BCUT2D eigenvalue weighted by Crippen LogP contribution is 2.22. The summed E-state index contributed by atoms with van der Waals surface area (Å²) >= 11 is 0. The first kappa shape index (κ1) is 12.8. The van der Waals surface area contributed by atoms with Crippen molar-refractivity contribution in [2.45, 2.75) is 12.8 Å². The van der Waals surface area contributed by atoms with E-state index in [1.807, 2.05) is 0 Å². The smallest absolute Gasteiger partial charge is 0.304 e. The van der Waals surface area contributed by atoms with E-state index in [1.54, 1.807) is 0 Å². The van der Waals surface area contributed by atoms with Gasteiger partial charge in [0.05, 0.1) is 4.92 Å². The molecule has 0 unspecified atom stereocenters. The maximum absolute atomic E-state index is 13.4. The summed E-state index contributed by atoms with van der Waals surface area (Å²) in [5.41, 5.74) is 0.0798. The van der Waals surface area contributed by atoms with Crippen LogP contribution in [0.4, 0.5) is 15.8 Å². The molecule has 0 aliphatic carbocycles. The van der Waals surface area contributed by atoms with Gasteiger partial charge in [-0.15, -0.1) is 0 Å². The lowest BCUT2D eigenvalue weighted by atomic mass is 10.0. The lowest BCUT2D eigenvalue weighted by molar-refractivity contribution is -0.387. The molecular formula is C12H15FN2O3. The lowest BCUT2D eigenvalue weighted by Gasteiger charge is -2.22. The van der Waals surface area contributed by atoms with Crippen LogP contribution >= 0.6 is 0 Å². The molecule has 1 heterocycles. The van der Waals surface area contributed by atoms with Crippen LogP contribution in [0.2, 0.25) is 0 Å². The molecule has 1 saturated heterocycles. The Hall–Kier alpha value is -1.69. The molecule has 1 aromatic rings. The van der Waals surface area contributed by atoms with E-state index in [2.05, 4.69) is 5.32 Å².